The molecule has 1 fully saturated rings. The van der Waals surface area contributed by atoms with Gasteiger partial charge >= 0.3 is 5.97 Å². The van der Waals surface area contributed by atoms with Gasteiger partial charge in [0.2, 0.25) is 5.96 Å². The van der Waals surface area contributed by atoms with Crippen LogP contribution < -0.4 is 10.1 Å². The zero-order valence-electron chi connectivity index (χ0n) is 17.3. The van der Waals surface area contributed by atoms with Crippen molar-refractivity contribution in [3.8, 4) is 5.75 Å². The second kappa shape index (κ2) is 9.39. The first-order valence-electron chi connectivity index (χ1n) is 10.3. The maximum atomic E-state index is 12.6. The van der Waals surface area contributed by atoms with Gasteiger partial charge < -0.3 is 14.4 Å². The molecule has 1 atom stereocenters. The van der Waals surface area contributed by atoms with Gasteiger partial charge in [0.05, 0.1) is 30.5 Å². The molecule has 2 aromatic rings. The number of rotatable bonds is 8. The zero-order chi connectivity index (χ0) is 21.8. The van der Waals surface area contributed by atoms with Crippen molar-refractivity contribution < 1.29 is 19.1 Å². The lowest BCUT2D eigenvalue weighted by Gasteiger charge is -2.29. The molecule has 4 rings (SSSR count). The Kier molecular flexibility index (Phi) is 6.42. The molecule has 1 saturated heterocycles. The lowest BCUT2D eigenvalue weighted by Crippen LogP contribution is -2.33. The van der Waals surface area contributed by atoms with Crippen LogP contribution in [0.2, 0.25) is 5.02 Å². The van der Waals surface area contributed by atoms with Crippen LogP contribution in [0.5, 0.6) is 5.75 Å². The van der Waals surface area contributed by atoms with E-state index in [0.29, 0.717) is 36.5 Å². The average molecular weight is 442 g/mol. The minimum atomic E-state index is -0.439. The Hall–Kier alpha value is -3.06. The molecule has 2 aliphatic heterocycles. The molecule has 2 aromatic carbocycles. The number of benzene rings is 2. The SMILES string of the molecule is CC(=O)OCCCCCOc1ccc2c(c1Cl)CN1C(=N2)NC(=O)C1c1ccccc1. The van der Waals surface area contributed by atoms with Crippen LogP contribution in [0.25, 0.3) is 0 Å². The van der Waals surface area contributed by atoms with Crippen molar-refractivity contribution in [3.63, 3.8) is 0 Å². The average Bonchev–Trinajstić information content (AvgIpc) is 3.08. The number of carbonyl (C=O) groups excluding carboxylic acids is 2. The third-order valence-corrected chi connectivity index (χ3v) is 5.69. The minimum Gasteiger partial charge on any atom is -0.492 e. The van der Waals surface area contributed by atoms with Gasteiger partial charge in [-0.3, -0.25) is 14.9 Å². The van der Waals surface area contributed by atoms with E-state index in [4.69, 9.17) is 21.1 Å². The summed E-state index contributed by atoms with van der Waals surface area (Å²) in [5, 5.41) is 3.40. The van der Waals surface area contributed by atoms with E-state index >= 15 is 0 Å². The van der Waals surface area contributed by atoms with Crippen molar-refractivity contribution in [1.29, 1.82) is 0 Å². The molecule has 0 radical (unpaired) electrons. The van der Waals surface area contributed by atoms with E-state index in [1.165, 1.54) is 6.92 Å². The molecule has 0 saturated carbocycles. The fourth-order valence-corrected chi connectivity index (χ4v) is 4.03. The minimum absolute atomic E-state index is 0.0981. The molecule has 0 aromatic heterocycles. The number of aliphatic imine (C=N–C) groups is 1. The fourth-order valence-electron chi connectivity index (χ4n) is 3.76. The van der Waals surface area contributed by atoms with Gasteiger partial charge in [0.15, 0.2) is 0 Å². The third kappa shape index (κ3) is 4.66. The lowest BCUT2D eigenvalue weighted by atomic mass is 10.0. The maximum Gasteiger partial charge on any atom is 0.302 e. The Balaban J connectivity index is 1.42. The zero-order valence-corrected chi connectivity index (χ0v) is 18.0. The summed E-state index contributed by atoms with van der Waals surface area (Å²) in [4.78, 5) is 29.9. The van der Waals surface area contributed by atoms with E-state index in [-0.39, 0.29) is 11.9 Å². The first kappa shape index (κ1) is 21.2. The van der Waals surface area contributed by atoms with Crippen molar-refractivity contribution in [3.05, 3.63) is 58.6 Å². The fraction of sp³-hybridized carbons (Fsp3) is 0.348. The number of unbranched alkanes of at least 4 members (excludes halogenated alkanes) is 2. The second-order valence-electron chi connectivity index (χ2n) is 7.49. The van der Waals surface area contributed by atoms with Crippen molar-refractivity contribution in [2.75, 3.05) is 13.2 Å². The van der Waals surface area contributed by atoms with E-state index in [9.17, 15) is 9.59 Å². The molecule has 162 valence electrons. The quantitative estimate of drug-likeness (QED) is 0.492. The Morgan fingerprint density at radius 2 is 1.94 bits per heavy atom. The van der Waals surface area contributed by atoms with Crippen LogP contribution in [-0.4, -0.2) is 35.9 Å². The highest BCUT2D eigenvalue weighted by atomic mass is 35.5. The molecule has 1 amide bonds. The number of fused-ring (bicyclic) bond motifs is 2. The summed E-state index contributed by atoms with van der Waals surface area (Å²) < 4.78 is 10.8. The monoisotopic (exact) mass is 441 g/mol. The molecule has 1 N–H and O–H groups in total. The predicted octanol–water partition coefficient (Wildman–Crippen LogP) is 4.13. The summed E-state index contributed by atoms with van der Waals surface area (Å²) in [7, 11) is 0. The maximum absolute atomic E-state index is 12.6. The lowest BCUT2D eigenvalue weighted by molar-refractivity contribution is -0.141. The number of guanidine groups is 1. The first-order valence-corrected chi connectivity index (χ1v) is 10.7. The largest absolute Gasteiger partial charge is 0.492 e. The number of halogens is 1. The molecular formula is C23H24ClN3O4. The highest BCUT2D eigenvalue weighted by molar-refractivity contribution is 6.33. The number of hydrogen-bond acceptors (Lipinski definition) is 6. The predicted molar refractivity (Wildman–Crippen MR) is 117 cm³/mol. The molecule has 0 aliphatic carbocycles. The molecule has 1 unspecified atom stereocenters. The van der Waals surface area contributed by atoms with Crippen LogP contribution in [0.4, 0.5) is 5.69 Å². The summed E-state index contributed by atoms with van der Waals surface area (Å²) in [5.41, 5.74) is 2.49. The first-order chi connectivity index (χ1) is 15.0. The number of carbonyl (C=O) groups is 2. The van der Waals surface area contributed by atoms with E-state index in [0.717, 1.165) is 36.1 Å². The smallest absolute Gasteiger partial charge is 0.302 e. The van der Waals surface area contributed by atoms with Crippen LogP contribution in [0.3, 0.4) is 0 Å². The summed E-state index contributed by atoms with van der Waals surface area (Å²) in [6.07, 6.45) is 2.52. The van der Waals surface area contributed by atoms with Crippen molar-refractivity contribution in [1.82, 2.24) is 10.2 Å². The number of nitrogens with one attached hydrogen (secondary N) is 1. The number of ether oxygens (including phenoxy) is 2. The molecule has 7 nitrogen and oxygen atoms in total. The normalized spacial score (nSPS) is 16.8. The van der Waals surface area contributed by atoms with Crippen LogP contribution >= 0.6 is 11.6 Å². The Morgan fingerprint density at radius 3 is 2.71 bits per heavy atom. The third-order valence-electron chi connectivity index (χ3n) is 5.27. The van der Waals surface area contributed by atoms with Crippen LogP contribution in [0.15, 0.2) is 47.5 Å². The summed E-state index contributed by atoms with van der Waals surface area (Å²) in [6, 6.07) is 12.9. The van der Waals surface area contributed by atoms with E-state index in [1.54, 1.807) is 0 Å². The molecule has 2 aliphatic rings. The van der Waals surface area contributed by atoms with Crippen LogP contribution in [0.1, 0.15) is 43.4 Å². The Labute approximate surface area is 186 Å². The van der Waals surface area contributed by atoms with Crippen molar-refractivity contribution in [2.45, 2.75) is 38.8 Å². The topological polar surface area (TPSA) is 80.2 Å². The second-order valence-corrected chi connectivity index (χ2v) is 7.87. The molecule has 8 heteroatoms. The number of hydrogen-bond donors (Lipinski definition) is 1. The van der Waals surface area contributed by atoms with E-state index in [2.05, 4.69) is 10.3 Å². The van der Waals surface area contributed by atoms with Gasteiger partial charge in [-0.2, -0.15) is 0 Å². The van der Waals surface area contributed by atoms with Crippen molar-refractivity contribution >= 4 is 35.1 Å². The number of amides is 1. The summed E-state index contributed by atoms with van der Waals surface area (Å²) in [5.74, 6) is 0.795. The van der Waals surface area contributed by atoms with Crippen molar-refractivity contribution in [2.24, 2.45) is 4.99 Å². The number of esters is 1. The van der Waals surface area contributed by atoms with Crippen LogP contribution in [-0.2, 0) is 20.9 Å². The summed E-state index contributed by atoms with van der Waals surface area (Å²) in [6.45, 7) is 2.82. The highest BCUT2D eigenvalue weighted by Crippen LogP contribution is 2.41. The van der Waals surface area contributed by atoms with Gasteiger partial charge in [0.1, 0.15) is 11.8 Å². The van der Waals surface area contributed by atoms with E-state index < -0.39 is 6.04 Å². The van der Waals surface area contributed by atoms with E-state index in [1.807, 2.05) is 47.4 Å². The Bertz CT molecular complexity index is 1010. The Morgan fingerprint density at radius 1 is 1.16 bits per heavy atom. The molecule has 0 spiro atoms. The van der Waals surface area contributed by atoms with Gasteiger partial charge in [-0.1, -0.05) is 41.9 Å². The van der Waals surface area contributed by atoms with Gasteiger partial charge in [-0.15, -0.1) is 0 Å². The molecule has 0 bridgehead atoms. The van der Waals surface area contributed by atoms with Crippen LogP contribution in [0, 0.1) is 0 Å². The van der Waals surface area contributed by atoms with Gasteiger partial charge in [0.25, 0.3) is 5.91 Å². The summed E-state index contributed by atoms with van der Waals surface area (Å²) >= 11 is 6.66. The van der Waals surface area contributed by atoms with Gasteiger partial charge in [0, 0.05) is 12.5 Å². The molecule has 31 heavy (non-hydrogen) atoms. The molecule has 2 heterocycles. The van der Waals surface area contributed by atoms with Gasteiger partial charge in [-0.05, 0) is 37.0 Å². The number of nitrogens with zero attached hydrogens (tertiary/aromatic N) is 2. The highest BCUT2D eigenvalue weighted by Gasteiger charge is 2.40. The standard InChI is InChI=1S/C23H24ClN3O4/c1-15(28)30-12-6-3-7-13-31-19-11-10-18-17(20(19)24)14-27-21(16-8-4-2-5-9-16)22(29)26-23(27)25-18/h2,4-5,8-11,21H,3,6-7,12-14H2,1H3,(H,25,26,29). The molecular weight excluding hydrogens is 418 g/mol. The van der Waals surface area contributed by atoms with Gasteiger partial charge in [-0.25, -0.2) is 4.99 Å².